The topological polar surface area (TPSA) is 96.7 Å². The first kappa shape index (κ1) is 17.4. The first-order chi connectivity index (χ1) is 10.8. The summed E-state index contributed by atoms with van der Waals surface area (Å²) in [6.45, 7) is -0.0189. The Kier molecular flexibility index (Phi) is 5.34. The summed E-state index contributed by atoms with van der Waals surface area (Å²) in [6, 6.07) is 6.63. The maximum atomic E-state index is 12.1. The monoisotopic (exact) mass is 356 g/mol. The van der Waals surface area contributed by atoms with Gasteiger partial charge in [-0.3, -0.25) is 9.59 Å². The third-order valence-electron chi connectivity index (χ3n) is 3.02. The van der Waals surface area contributed by atoms with Gasteiger partial charge in [0.2, 0.25) is 21.7 Å². The number of furan rings is 1. The Balaban J connectivity index is 1.90. The SMILES string of the molecule is CN(CC(=O)NCc1ccc(C(=O)c2ccco2)s1)S(C)(=O)=O. The average molecular weight is 356 g/mol. The molecule has 9 heteroatoms. The molecule has 2 aromatic rings. The summed E-state index contributed by atoms with van der Waals surface area (Å²) >= 11 is 1.25. The highest BCUT2D eigenvalue weighted by Gasteiger charge is 2.16. The number of carbonyl (C=O) groups is 2. The molecule has 7 nitrogen and oxygen atoms in total. The summed E-state index contributed by atoms with van der Waals surface area (Å²) in [5, 5.41) is 2.62. The molecule has 0 spiro atoms. The largest absolute Gasteiger partial charge is 0.461 e. The van der Waals surface area contributed by atoms with Crippen molar-refractivity contribution in [2.75, 3.05) is 19.8 Å². The van der Waals surface area contributed by atoms with Gasteiger partial charge in [-0.05, 0) is 24.3 Å². The average Bonchev–Trinajstić information content (AvgIpc) is 3.15. The predicted octanol–water partition coefficient (Wildman–Crippen LogP) is 1.08. The lowest BCUT2D eigenvalue weighted by Crippen LogP contribution is -2.37. The van der Waals surface area contributed by atoms with Crippen LogP contribution in [0, 0.1) is 0 Å². The van der Waals surface area contributed by atoms with E-state index in [9.17, 15) is 18.0 Å². The van der Waals surface area contributed by atoms with Gasteiger partial charge in [0.25, 0.3) is 0 Å². The summed E-state index contributed by atoms with van der Waals surface area (Å²) < 4.78 is 28.5. The van der Waals surface area contributed by atoms with E-state index < -0.39 is 15.9 Å². The first-order valence-corrected chi connectivity index (χ1v) is 9.29. The molecule has 2 heterocycles. The molecule has 0 radical (unpaired) electrons. The molecule has 2 rings (SSSR count). The van der Waals surface area contributed by atoms with Crippen LogP contribution in [0.25, 0.3) is 0 Å². The van der Waals surface area contributed by atoms with Crippen molar-refractivity contribution in [2.24, 2.45) is 0 Å². The predicted molar refractivity (Wildman–Crippen MR) is 85.8 cm³/mol. The van der Waals surface area contributed by atoms with E-state index in [1.54, 1.807) is 24.3 Å². The number of thiophene rings is 1. The number of sulfonamides is 1. The zero-order chi connectivity index (χ0) is 17.0. The van der Waals surface area contributed by atoms with Crippen molar-refractivity contribution in [1.29, 1.82) is 0 Å². The highest BCUT2D eigenvalue weighted by atomic mass is 32.2. The Morgan fingerprint density at radius 3 is 2.65 bits per heavy atom. The summed E-state index contributed by atoms with van der Waals surface area (Å²) in [7, 11) is -2.06. The van der Waals surface area contributed by atoms with Gasteiger partial charge >= 0.3 is 0 Å². The van der Waals surface area contributed by atoms with Crippen molar-refractivity contribution in [2.45, 2.75) is 6.54 Å². The molecule has 0 fully saturated rings. The van der Waals surface area contributed by atoms with Gasteiger partial charge in [0.1, 0.15) is 0 Å². The van der Waals surface area contributed by atoms with E-state index in [1.165, 1.54) is 24.6 Å². The van der Waals surface area contributed by atoms with Crippen molar-refractivity contribution in [3.05, 3.63) is 46.0 Å². The molecule has 0 atom stereocenters. The van der Waals surface area contributed by atoms with Crippen LogP contribution in [0.1, 0.15) is 20.3 Å². The van der Waals surface area contributed by atoms with Gasteiger partial charge in [0.05, 0.1) is 30.5 Å². The van der Waals surface area contributed by atoms with Crippen LogP contribution in [0.3, 0.4) is 0 Å². The fraction of sp³-hybridized carbons (Fsp3) is 0.286. The number of likely N-dealkylation sites (N-methyl/N-ethyl adjacent to an activating group) is 1. The molecule has 1 amide bonds. The lowest BCUT2D eigenvalue weighted by molar-refractivity contribution is -0.121. The molecule has 124 valence electrons. The van der Waals surface area contributed by atoms with Gasteiger partial charge < -0.3 is 9.73 Å². The van der Waals surface area contributed by atoms with Crippen LogP contribution < -0.4 is 5.32 Å². The van der Waals surface area contributed by atoms with E-state index in [-0.39, 0.29) is 24.6 Å². The minimum Gasteiger partial charge on any atom is -0.461 e. The van der Waals surface area contributed by atoms with E-state index in [1.807, 2.05) is 0 Å². The summed E-state index contributed by atoms with van der Waals surface area (Å²) in [6.07, 6.45) is 2.46. The van der Waals surface area contributed by atoms with Crippen molar-refractivity contribution in [1.82, 2.24) is 9.62 Å². The molecule has 1 N–H and O–H groups in total. The van der Waals surface area contributed by atoms with E-state index >= 15 is 0 Å². The minimum atomic E-state index is -3.39. The summed E-state index contributed by atoms with van der Waals surface area (Å²) in [5.41, 5.74) is 0. The van der Waals surface area contributed by atoms with Crippen molar-refractivity contribution in [3.63, 3.8) is 0 Å². The van der Waals surface area contributed by atoms with Gasteiger partial charge in [-0.1, -0.05) is 0 Å². The third kappa shape index (κ3) is 4.75. The second-order valence-corrected chi connectivity index (χ2v) is 8.13. The zero-order valence-electron chi connectivity index (χ0n) is 12.6. The van der Waals surface area contributed by atoms with Crippen molar-refractivity contribution >= 4 is 33.1 Å². The number of hydrogen-bond acceptors (Lipinski definition) is 6. The van der Waals surface area contributed by atoms with E-state index in [0.717, 1.165) is 15.4 Å². The number of rotatable bonds is 7. The Morgan fingerprint density at radius 1 is 1.30 bits per heavy atom. The molecule has 2 aromatic heterocycles. The molecule has 23 heavy (non-hydrogen) atoms. The van der Waals surface area contributed by atoms with Crippen molar-refractivity contribution in [3.8, 4) is 0 Å². The second-order valence-electron chi connectivity index (χ2n) is 4.87. The van der Waals surface area contributed by atoms with Crippen LogP contribution in [-0.2, 0) is 21.4 Å². The number of ketones is 1. The maximum absolute atomic E-state index is 12.1. The molecule has 0 unspecified atom stereocenters. The first-order valence-electron chi connectivity index (χ1n) is 6.62. The number of nitrogens with one attached hydrogen (secondary N) is 1. The standard InChI is InChI=1S/C14H16N2O5S2/c1-16(23(2,19)20)9-13(17)15-8-10-5-6-12(22-10)14(18)11-4-3-7-21-11/h3-7H,8-9H2,1-2H3,(H,15,17). The van der Waals surface area contributed by atoms with Crippen LogP contribution in [0.4, 0.5) is 0 Å². The molecular formula is C14H16N2O5S2. The van der Waals surface area contributed by atoms with Crippen LogP contribution in [0.15, 0.2) is 34.9 Å². The zero-order valence-corrected chi connectivity index (χ0v) is 14.2. The van der Waals surface area contributed by atoms with Gasteiger partial charge in [0, 0.05) is 11.9 Å². The van der Waals surface area contributed by atoms with Gasteiger partial charge in [0.15, 0.2) is 5.76 Å². The lowest BCUT2D eigenvalue weighted by Gasteiger charge is -2.13. The Morgan fingerprint density at radius 2 is 2.04 bits per heavy atom. The number of hydrogen-bond donors (Lipinski definition) is 1. The van der Waals surface area contributed by atoms with Crippen LogP contribution in [-0.4, -0.2) is 44.3 Å². The number of carbonyl (C=O) groups excluding carboxylic acids is 2. The van der Waals surface area contributed by atoms with Crippen LogP contribution in [0.2, 0.25) is 0 Å². The molecule has 0 aliphatic heterocycles. The molecule has 0 saturated heterocycles. The lowest BCUT2D eigenvalue weighted by atomic mass is 10.2. The smallest absolute Gasteiger partial charge is 0.238 e. The Bertz CT molecular complexity index is 793. The highest BCUT2D eigenvalue weighted by molar-refractivity contribution is 7.88. The molecule has 0 bridgehead atoms. The normalized spacial score (nSPS) is 11.6. The van der Waals surface area contributed by atoms with Crippen LogP contribution in [0.5, 0.6) is 0 Å². The van der Waals surface area contributed by atoms with Gasteiger partial charge in [-0.2, -0.15) is 4.31 Å². The van der Waals surface area contributed by atoms with E-state index in [0.29, 0.717) is 4.88 Å². The fourth-order valence-electron chi connectivity index (χ4n) is 1.69. The van der Waals surface area contributed by atoms with E-state index in [2.05, 4.69) is 5.32 Å². The number of nitrogens with zero attached hydrogens (tertiary/aromatic N) is 1. The van der Waals surface area contributed by atoms with E-state index in [4.69, 9.17) is 4.42 Å². The van der Waals surface area contributed by atoms with Crippen LogP contribution >= 0.6 is 11.3 Å². The molecule has 0 aromatic carbocycles. The molecule has 0 aliphatic rings. The van der Waals surface area contributed by atoms with Crippen molar-refractivity contribution < 1.29 is 22.4 Å². The Labute approximate surface area is 138 Å². The maximum Gasteiger partial charge on any atom is 0.238 e. The Hall–Kier alpha value is -1.97. The third-order valence-corrected chi connectivity index (χ3v) is 5.37. The quantitative estimate of drug-likeness (QED) is 0.749. The molecule has 0 saturated carbocycles. The summed E-state index contributed by atoms with van der Waals surface area (Å²) in [5.74, 6) is -0.364. The number of amides is 1. The second kappa shape index (κ2) is 7.07. The fourth-order valence-corrected chi connectivity index (χ4v) is 2.93. The summed E-state index contributed by atoms with van der Waals surface area (Å²) in [4.78, 5) is 25.1. The van der Waals surface area contributed by atoms with Gasteiger partial charge in [-0.15, -0.1) is 11.3 Å². The molecule has 0 aliphatic carbocycles. The highest BCUT2D eigenvalue weighted by Crippen LogP contribution is 2.20. The van der Waals surface area contributed by atoms with Gasteiger partial charge in [-0.25, -0.2) is 8.42 Å². The molecular weight excluding hydrogens is 340 g/mol. The minimum absolute atomic E-state index is 0.214.